The Morgan fingerprint density at radius 1 is 1.44 bits per heavy atom. The van der Waals surface area contributed by atoms with E-state index in [1.807, 2.05) is 13.8 Å². The minimum Gasteiger partial charge on any atom is -0.378 e. The Morgan fingerprint density at radius 3 is 2.50 bits per heavy atom. The lowest BCUT2D eigenvalue weighted by molar-refractivity contribution is 0.0906. The van der Waals surface area contributed by atoms with E-state index in [-0.39, 0.29) is 24.5 Å². The van der Waals surface area contributed by atoms with Gasteiger partial charge in [0.2, 0.25) is 10.0 Å². The van der Waals surface area contributed by atoms with Gasteiger partial charge in [-0.1, -0.05) is 0 Å². The smallest absolute Gasteiger partial charge is 0.216 e. The summed E-state index contributed by atoms with van der Waals surface area (Å²) in [5.74, 6) is 0.0572. The van der Waals surface area contributed by atoms with E-state index in [4.69, 9.17) is 10.5 Å². The van der Waals surface area contributed by atoms with Gasteiger partial charge < -0.3 is 10.5 Å². The van der Waals surface area contributed by atoms with Crippen LogP contribution in [-0.2, 0) is 14.8 Å². The molecule has 1 saturated carbocycles. The van der Waals surface area contributed by atoms with Crippen molar-refractivity contribution >= 4 is 10.0 Å². The standard InChI is InChI=1S/C10H22N2O3S/c1-9(2)15-7-8-16(13,14)12(6-5-11)10-3-4-10/h9-10H,3-8,11H2,1-2H3. The Morgan fingerprint density at radius 2 is 2.06 bits per heavy atom. The Kier molecular flexibility index (Phi) is 5.17. The maximum atomic E-state index is 12.0. The van der Waals surface area contributed by atoms with Crippen molar-refractivity contribution in [2.24, 2.45) is 5.73 Å². The van der Waals surface area contributed by atoms with Crippen LogP contribution in [0.4, 0.5) is 0 Å². The number of ether oxygens (including phenoxy) is 1. The third-order valence-electron chi connectivity index (χ3n) is 2.45. The van der Waals surface area contributed by atoms with Gasteiger partial charge in [-0.15, -0.1) is 0 Å². The van der Waals surface area contributed by atoms with Crippen LogP contribution < -0.4 is 5.73 Å². The summed E-state index contributed by atoms with van der Waals surface area (Å²) >= 11 is 0. The number of rotatable bonds is 8. The summed E-state index contributed by atoms with van der Waals surface area (Å²) in [7, 11) is -3.19. The normalized spacial score (nSPS) is 17.3. The first kappa shape index (κ1) is 13.9. The lowest BCUT2D eigenvalue weighted by atomic mass is 10.5. The molecule has 1 rings (SSSR count). The molecule has 0 amide bonds. The topological polar surface area (TPSA) is 72.6 Å². The average molecular weight is 250 g/mol. The Balaban J connectivity index is 2.46. The maximum absolute atomic E-state index is 12.0. The Hall–Kier alpha value is -0.170. The molecule has 0 aliphatic heterocycles. The molecular formula is C10H22N2O3S. The predicted molar refractivity (Wildman–Crippen MR) is 63.7 cm³/mol. The van der Waals surface area contributed by atoms with Crippen molar-refractivity contribution in [3.63, 3.8) is 0 Å². The summed E-state index contributed by atoms with van der Waals surface area (Å²) in [5, 5.41) is 0. The number of nitrogens with two attached hydrogens (primary N) is 1. The molecule has 1 aliphatic carbocycles. The summed E-state index contributed by atoms with van der Waals surface area (Å²) in [5.41, 5.74) is 5.43. The predicted octanol–water partition coefficient (Wildman–Crippen LogP) is 0.164. The molecule has 0 spiro atoms. The van der Waals surface area contributed by atoms with E-state index < -0.39 is 10.0 Å². The summed E-state index contributed by atoms with van der Waals surface area (Å²) in [6.07, 6.45) is 1.99. The molecule has 0 aromatic rings. The van der Waals surface area contributed by atoms with Gasteiger partial charge in [0.15, 0.2) is 0 Å². The molecule has 0 aromatic heterocycles. The highest BCUT2D eigenvalue weighted by Gasteiger charge is 2.36. The molecule has 16 heavy (non-hydrogen) atoms. The molecule has 0 unspecified atom stereocenters. The fourth-order valence-corrected chi connectivity index (χ4v) is 3.13. The van der Waals surface area contributed by atoms with E-state index >= 15 is 0 Å². The number of hydrogen-bond acceptors (Lipinski definition) is 4. The van der Waals surface area contributed by atoms with Gasteiger partial charge in [0.1, 0.15) is 0 Å². The van der Waals surface area contributed by atoms with Crippen LogP contribution in [0.5, 0.6) is 0 Å². The van der Waals surface area contributed by atoms with E-state index in [9.17, 15) is 8.42 Å². The minimum absolute atomic E-state index is 0.0572. The molecule has 2 N–H and O–H groups in total. The van der Waals surface area contributed by atoms with Crippen molar-refractivity contribution in [2.45, 2.75) is 38.8 Å². The first-order chi connectivity index (χ1) is 7.47. The molecule has 1 aliphatic rings. The Labute approximate surface area is 98.0 Å². The van der Waals surface area contributed by atoms with Crippen molar-refractivity contribution in [3.8, 4) is 0 Å². The second-order valence-electron chi connectivity index (χ2n) is 4.37. The molecule has 0 atom stereocenters. The molecule has 6 heteroatoms. The lowest BCUT2D eigenvalue weighted by Crippen LogP contribution is -2.39. The molecule has 0 bridgehead atoms. The number of nitrogens with zero attached hydrogens (tertiary/aromatic N) is 1. The van der Waals surface area contributed by atoms with E-state index in [0.717, 1.165) is 12.8 Å². The highest BCUT2D eigenvalue weighted by molar-refractivity contribution is 7.89. The van der Waals surface area contributed by atoms with Crippen LogP contribution in [0.3, 0.4) is 0 Å². The van der Waals surface area contributed by atoms with Gasteiger partial charge in [0.25, 0.3) is 0 Å². The van der Waals surface area contributed by atoms with Crippen LogP contribution in [0.2, 0.25) is 0 Å². The highest BCUT2D eigenvalue weighted by Crippen LogP contribution is 2.28. The van der Waals surface area contributed by atoms with Gasteiger partial charge in [0, 0.05) is 19.1 Å². The average Bonchev–Trinajstić information content (AvgIpc) is 2.96. The SMILES string of the molecule is CC(C)OCCS(=O)(=O)N(CCN)C1CC1. The van der Waals surface area contributed by atoms with E-state index in [1.165, 1.54) is 4.31 Å². The van der Waals surface area contributed by atoms with Gasteiger partial charge in [0.05, 0.1) is 18.5 Å². The van der Waals surface area contributed by atoms with Crippen LogP contribution in [0, 0.1) is 0 Å². The van der Waals surface area contributed by atoms with Crippen LogP contribution in [0.15, 0.2) is 0 Å². The number of hydrogen-bond donors (Lipinski definition) is 1. The second-order valence-corrected chi connectivity index (χ2v) is 6.41. The molecule has 1 fully saturated rings. The van der Waals surface area contributed by atoms with E-state index in [1.54, 1.807) is 0 Å². The second kappa shape index (κ2) is 5.95. The fourth-order valence-electron chi connectivity index (χ4n) is 1.54. The van der Waals surface area contributed by atoms with Crippen molar-refractivity contribution < 1.29 is 13.2 Å². The van der Waals surface area contributed by atoms with Crippen molar-refractivity contribution in [1.29, 1.82) is 0 Å². The lowest BCUT2D eigenvalue weighted by Gasteiger charge is -2.21. The van der Waals surface area contributed by atoms with Crippen LogP contribution in [0.25, 0.3) is 0 Å². The monoisotopic (exact) mass is 250 g/mol. The fraction of sp³-hybridized carbons (Fsp3) is 1.00. The van der Waals surface area contributed by atoms with Crippen molar-refractivity contribution in [1.82, 2.24) is 4.31 Å². The third-order valence-corrected chi connectivity index (χ3v) is 4.33. The number of sulfonamides is 1. The summed E-state index contributed by atoms with van der Waals surface area (Å²) in [6.45, 7) is 4.85. The molecule has 0 heterocycles. The first-order valence-corrected chi connectivity index (χ1v) is 7.39. The van der Waals surface area contributed by atoms with Crippen molar-refractivity contribution in [2.75, 3.05) is 25.4 Å². The Bertz CT molecular complexity index is 299. The van der Waals surface area contributed by atoms with Gasteiger partial charge in [-0.05, 0) is 26.7 Å². The van der Waals surface area contributed by atoms with E-state index in [0.29, 0.717) is 13.1 Å². The molecule has 0 aromatic carbocycles. The molecular weight excluding hydrogens is 228 g/mol. The zero-order chi connectivity index (χ0) is 12.2. The summed E-state index contributed by atoms with van der Waals surface area (Å²) < 4.78 is 30.8. The first-order valence-electron chi connectivity index (χ1n) is 5.78. The maximum Gasteiger partial charge on any atom is 0.216 e. The molecule has 0 saturated heterocycles. The zero-order valence-corrected chi connectivity index (χ0v) is 10.9. The van der Waals surface area contributed by atoms with Gasteiger partial charge in [-0.25, -0.2) is 8.42 Å². The van der Waals surface area contributed by atoms with Crippen LogP contribution in [-0.4, -0.2) is 50.3 Å². The zero-order valence-electron chi connectivity index (χ0n) is 10.1. The molecule has 96 valence electrons. The van der Waals surface area contributed by atoms with Gasteiger partial charge in [-0.2, -0.15) is 4.31 Å². The summed E-state index contributed by atoms with van der Waals surface area (Å²) in [6, 6.07) is 0.188. The minimum atomic E-state index is -3.19. The largest absolute Gasteiger partial charge is 0.378 e. The van der Waals surface area contributed by atoms with Gasteiger partial charge in [-0.3, -0.25) is 0 Å². The highest BCUT2D eigenvalue weighted by atomic mass is 32.2. The summed E-state index contributed by atoms with van der Waals surface area (Å²) in [4.78, 5) is 0. The molecule has 5 nitrogen and oxygen atoms in total. The van der Waals surface area contributed by atoms with Gasteiger partial charge >= 0.3 is 0 Å². The van der Waals surface area contributed by atoms with E-state index in [2.05, 4.69) is 0 Å². The van der Waals surface area contributed by atoms with Crippen LogP contribution >= 0.6 is 0 Å². The van der Waals surface area contributed by atoms with Crippen molar-refractivity contribution in [3.05, 3.63) is 0 Å². The third kappa shape index (κ3) is 4.37. The molecule has 0 radical (unpaired) electrons. The van der Waals surface area contributed by atoms with Crippen LogP contribution in [0.1, 0.15) is 26.7 Å². The quantitative estimate of drug-likeness (QED) is 0.666.